The highest BCUT2D eigenvalue weighted by Gasteiger charge is 2.47. The topological polar surface area (TPSA) is 71.8 Å². The van der Waals surface area contributed by atoms with Crippen LogP contribution in [0.2, 0.25) is 0 Å². The van der Waals surface area contributed by atoms with Gasteiger partial charge in [0.1, 0.15) is 12.4 Å². The van der Waals surface area contributed by atoms with Crippen LogP contribution in [0.4, 0.5) is 0 Å². The number of aromatic nitrogens is 2. The highest BCUT2D eigenvalue weighted by molar-refractivity contribution is 5.22. The summed E-state index contributed by atoms with van der Waals surface area (Å²) in [5, 5.41) is 0. The normalized spacial score (nSPS) is 29.5. The minimum absolute atomic E-state index is 0.0632. The zero-order chi connectivity index (χ0) is 16.4. The number of hydrogen-bond donors (Lipinski definition) is 0. The summed E-state index contributed by atoms with van der Waals surface area (Å²) >= 11 is 0. The molecule has 1 saturated carbocycles. The Morgan fingerprint density at radius 2 is 2.30 bits per heavy atom. The predicted octanol–water partition coefficient (Wildman–Crippen LogP) is 1.56. The predicted molar refractivity (Wildman–Crippen MR) is 82.4 cm³/mol. The van der Waals surface area contributed by atoms with Gasteiger partial charge in [-0.3, -0.25) is 4.57 Å². The first-order valence-corrected chi connectivity index (χ1v) is 7.71. The average molecular weight is 322 g/mol. The quantitative estimate of drug-likeness (QED) is 0.605. The molecule has 7 heteroatoms. The highest BCUT2D eigenvalue weighted by atomic mass is 16.7. The van der Waals surface area contributed by atoms with Crippen LogP contribution in [0, 0.1) is 6.92 Å². The van der Waals surface area contributed by atoms with Gasteiger partial charge in [0, 0.05) is 18.9 Å². The van der Waals surface area contributed by atoms with Crippen LogP contribution in [0.25, 0.3) is 0 Å². The van der Waals surface area contributed by atoms with Gasteiger partial charge in [0.05, 0.1) is 13.2 Å². The van der Waals surface area contributed by atoms with Gasteiger partial charge in [0.2, 0.25) is 5.88 Å². The molecule has 1 aromatic heterocycles. The van der Waals surface area contributed by atoms with Crippen LogP contribution in [-0.4, -0.2) is 42.3 Å². The Balaban J connectivity index is 1.82. The van der Waals surface area contributed by atoms with E-state index >= 15 is 0 Å². The average Bonchev–Trinajstić information content (AvgIpc) is 3.15. The Bertz CT molecular complexity index is 656. The molecule has 2 aliphatic rings. The molecule has 126 valence electrons. The Morgan fingerprint density at radius 3 is 3.04 bits per heavy atom. The maximum Gasteiger partial charge on any atom is 0.353 e. The van der Waals surface area contributed by atoms with Gasteiger partial charge in [0.15, 0.2) is 6.23 Å². The van der Waals surface area contributed by atoms with Crippen molar-refractivity contribution in [1.82, 2.24) is 9.55 Å². The maximum absolute atomic E-state index is 12.2. The summed E-state index contributed by atoms with van der Waals surface area (Å²) in [7, 11) is 3.09. The highest BCUT2D eigenvalue weighted by Crippen LogP contribution is 2.43. The summed E-state index contributed by atoms with van der Waals surface area (Å²) in [4.78, 5) is 16.1. The van der Waals surface area contributed by atoms with E-state index < -0.39 is 17.5 Å². The van der Waals surface area contributed by atoms with Crippen LogP contribution >= 0.6 is 0 Å². The largest absolute Gasteiger partial charge is 0.481 e. The molecule has 3 rings (SSSR count). The van der Waals surface area contributed by atoms with Crippen molar-refractivity contribution in [2.24, 2.45) is 0 Å². The second kappa shape index (κ2) is 6.43. The fraction of sp³-hybridized carbons (Fsp3) is 0.625. The van der Waals surface area contributed by atoms with Crippen LogP contribution in [0.1, 0.15) is 31.1 Å². The summed E-state index contributed by atoms with van der Waals surface area (Å²) in [6.07, 6.45) is 7.86. The number of aryl methyl sites for hydroxylation is 1. The number of rotatable bonds is 5. The van der Waals surface area contributed by atoms with Gasteiger partial charge < -0.3 is 18.9 Å². The third kappa shape index (κ3) is 2.91. The standard InChI is InChI=1S/C16H22N2O5/c1-11-9-18(15(19)17-14(11)21-3)13-6-8-16(23-13)7-4-5-12(16)22-10-20-2/h6,8-9,12-13H,4-5,7,10H2,1-3H3/t12-,13-,16-/m0/s1. The molecular weight excluding hydrogens is 300 g/mol. The van der Waals surface area contributed by atoms with Crippen LogP contribution < -0.4 is 10.4 Å². The summed E-state index contributed by atoms with van der Waals surface area (Å²) < 4.78 is 23.5. The van der Waals surface area contributed by atoms with E-state index in [1.165, 1.54) is 11.7 Å². The molecule has 0 radical (unpaired) electrons. The van der Waals surface area contributed by atoms with E-state index in [9.17, 15) is 4.79 Å². The minimum atomic E-state index is -0.490. The second-order valence-electron chi connectivity index (χ2n) is 5.90. The molecule has 1 fully saturated rings. The van der Waals surface area contributed by atoms with Crippen molar-refractivity contribution in [2.75, 3.05) is 21.0 Å². The molecule has 1 aliphatic heterocycles. The van der Waals surface area contributed by atoms with Crippen molar-refractivity contribution in [1.29, 1.82) is 0 Å². The molecule has 0 bridgehead atoms. The van der Waals surface area contributed by atoms with Crippen LogP contribution in [0.5, 0.6) is 5.88 Å². The molecule has 1 spiro atoms. The third-order valence-corrected chi connectivity index (χ3v) is 4.40. The Hall–Kier alpha value is -1.70. The van der Waals surface area contributed by atoms with Gasteiger partial charge in [0.25, 0.3) is 0 Å². The van der Waals surface area contributed by atoms with Crippen LogP contribution in [-0.2, 0) is 14.2 Å². The number of ether oxygens (including phenoxy) is 4. The van der Waals surface area contributed by atoms with E-state index in [4.69, 9.17) is 18.9 Å². The lowest BCUT2D eigenvalue weighted by Gasteiger charge is -2.31. The molecule has 1 aliphatic carbocycles. The molecule has 0 aromatic carbocycles. The van der Waals surface area contributed by atoms with Gasteiger partial charge in [-0.2, -0.15) is 4.98 Å². The summed E-state index contributed by atoms with van der Waals surface area (Å²) in [5.41, 5.74) is -0.105. The molecule has 0 N–H and O–H groups in total. The molecule has 23 heavy (non-hydrogen) atoms. The molecule has 1 aromatic rings. The van der Waals surface area contributed by atoms with Crippen molar-refractivity contribution >= 4 is 0 Å². The van der Waals surface area contributed by atoms with Crippen molar-refractivity contribution in [3.63, 3.8) is 0 Å². The molecular formula is C16H22N2O5. The van der Waals surface area contributed by atoms with Crippen molar-refractivity contribution < 1.29 is 18.9 Å². The zero-order valence-corrected chi connectivity index (χ0v) is 13.7. The SMILES string of the molecule is COCO[C@H]1CCC[C@]12C=C[C@@H](n1cc(C)c(OC)nc1=O)O2. The van der Waals surface area contributed by atoms with Crippen molar-refractivity contribution in [3.05, 3.63) is 34.4 Å². The van der Waals surface area contributed by atoms with E-state index in [2.05, 4.69) is 4.98 Å². The van der Waals surface area contributed by atoms with E-state index in [1.54, 1.807) is 13.3 Å². The first kappa shape index (κ1) is 16.2. The first-order valence-electron chi connectivity index (χ1n) is 7.71. The molecule has 0 unspecified atom stereocenters. The fourth-order valence-corrected chi connectivity index (χ4v) is 3.31. The summed E-state index contributed by atoms with van der Waals surface area (Å²) in [6.45, 7) is 2.08. The Morgan fingerprint density at radius 1 is 1.48 bits per heavy atom. The fourth-order valence-electron chi connectivity index (χ4n) is 3.31. The molecule has 2 heterocycles. The first-order chi connectivity index (χ1) is 11.1. The van der Waals surface area contributed by atoms with Crippen LogP contribution in [0.3, 0.4) is 0 Å². The monoisotopic (exact) mass is 322 g/mol. The lowest BCUT2D eigenvalue weighted by atomic mass is 10.0. The third-order valence-electron chi connectivity index (χ3n) is 4.40. The second-order valence-corrected chi connectivity index (χ2v) is 5.90. The number of methoxy groups -OCH3 is 2. The summed E-state index contributed by atoms with van der Waals surface area (Å²) in [5.74, 6) is 0.338. The molecule has 0 saturated heterocycles. The lowest BCUT2D eigenvalue weighted by Crippen LogP contribution is -2.40. The number of nitrogens with zero attached hydrogens (tertiary/aromatic N) is 2. The molecule has 7 nitrogen and oxygen atoms in total. The zero-order valence-electron chi connectivity index (χ0n) is 13.7. The van der Waals surface area contributed by atoms with E-state index in [-0.39, 0.29) is 12.9 Å². The van der Waals surface area contributed by atoms with Gasteiger partial charge in [-0.05, 0) is 38.3 Å². The van der Waals surface area contributed by atoms with E-state index in [0.717, 1.165) is 24.8 Å². The van der Waals surface area contributed by atoms with Gasteiger partial charge >= 0.3 is 5.69 Å². The number of hydrogen-bond acceptors (Lipinski definition) is 6. The van der Waals surface area contributed by atoms with E-state index in [1.807, 2.05) is 19.1 Å². The Kier molecular flexibility index (Phi) is 4.52. The maximum atomic E-state index is 12.2. The molecule has 3 atom stereocenters. The van der Waals surface area contributed by atoms with Crippen molar-refractivity contribution in [2.45, 2.75) is 44.1 Å². The Labute approximate surface area is 134 Å². The van der Waals surface area contributed by atoms with Crippen molar-refractivity contribution in [3.8, 4) is 5.88 Å². The van der Waals surface area contributed by atoms with Crippen LogP contribution in [0.15, 0.2) is 23.1 Å². The van der Waals surface area contributed by atoms with Gasteiger partial charge in [-0.1, -0.05) is 0 Å². The lowest BCUT2D eigenvalue weighted by molar-refractivity contribution is -0.159. The van der Waals surface area contributed by atoms with Gasteiger partial charge in [-0.25, -0.2) is 4.79 Å². The smallest absolute Gasteiger partial charge is 0.353 e. The summed E-state index contributed by atoms with van der Waals surface area (Å²) in [6, 6.07) is 0. The molecule has 0 amide bonds. The van der Waals surface area contributed by atoms with E-state index in [0.29, 0.717) is 5.88 Å². The minimum Gasteiger partial charge on any atom is -0.481 e. The van der Waals surface area contributed by atoms with Gasteiger partial charge in [-0.15, -0.1) is 0 Å².